The highest BCUT2D eigenvalue weighted by Gasteiger charge is 2.81. The van der Waals surface area contributed by atoms with Crippen molar-refractivity contribution >= 4 is 10.1 Å². The Morgan fingerprint density at radius 1 is 1.15 bits per heavy atom. The Kier molecular flexibility index (Phi) is 2.35. The van der Waals surface area contributed by atoms with E-state index in [9.17, 15) is 8.42 Å². The normalized spacial score (nSPS) is 44.8. The Labute approximate surface area is 120 Å². The molecule has 1 aromatic rings. The van der Waals surface area contributed by atoms with Gasteiger partial charge in [-0.25, -0.2) is 0 Å². The van der Waals surface area contributed by atoms with Crippen LogP contribution in [0.2, 0.25) is 0 Å². The lowest BCUT2D eigenvalue weighted by molar-refractivity contribution is 0.0843. The molecule has 5 rings (SSSR count). The smallest absolute Gasteiger partial charge is 0.266 e. The van der Waals surface area contributed by atoms with E-state index < -0.39 is 10.1 Å². The van der Waals surface area contributed by atoms with Gasteiger partial charge in [-0.1, -0.05) is 32.0 Å². The number of rotatable bonds is 4. The van der Waals surface area contributed by atoms with Gasteiger partial charge in [0.15, 0.2) is 0 Å². The molecule has 4 bridgehead atoms. The van der Waals surface area contributed by atoms with Crippen LogP contribution in [0.1, 0.15) is 26.7 Å². The van der Waals surface area contributed by atoms with E-state index in [2.05, 4.69) is 13.8 Å². The molecule has 4 heteroatoms. The first kappa shape index (κ1) is 12.8. The third kappa shape index (κ3) is 1.37. The lowest BCUT2D eigenvalue weighted by Crippen LogP contribution is -2.33. The molecule has 0 saturated heterocycles. The van der Waals surface area contributed by atoms with Crippen molar-refractivity contribution in [1.29, 1.82) is 0 Å². The van der Waals surface area contributed by atoms with Gasteiger partial charge in [-0.05, 0) is 48.1 Å². The highest BCUT2D eigenvalue weighted by atomic mass is 32.2. The zero-order chi connectivity index (χ0) is 14.2. The fourth-order valence-corrected chi connectivity index (χ4v) is 6.19. The van der Waals surface area contributed by atoms with Gasteiger partial charge in [0.25, 0.3) is 10.1 Å². The van der Waals surface area contributed by atoms with E-state index in [4.69, 9.17) is 4.18 Å². The summed E-state index contributed by atoms with van der Waals surface area (Å²) in [5.74, 6) is 2.29. The molecule has 0 N–H and O–H groups in total. The number of benzene rings is 1. The molecular formula is C16H20O3S. The minimum atomic E-state index is -3.62. The standard InChI is InChI=1S/C16H20O3S/c1-15(11-8-13-14(9-11)16(13,15)2)10-19-20(17,18)12-6-4-3-5-7-12/h3-7,11,13-14H,8-10H2,1-2H3/t11?,13-,14+,15-,16?/m1/s1. The number of hydrogen-bond acceptors (Lipinski definition) is 3. The lowest BCUT2D eigenvalue weighted by Gasteiger charge is -2.33. The van der Waals surface area contributed by atoms with Crippen molar-refractivity contribution in [3.63, 3.8) is 0 Å². The molecule has 4 fully saturated rings. The van der Waals surface area contributed by atoms with E-state index in [1.165, 1.54) is 12.8 Å². The highest BCUT2D eigenvalue weighted by Crippen LogP contribution is 2.86. The van der Waals surface area contributed by atoms with Gasteiger partial charge in [0.05, 0.1) is 11.5 Å². The topological polar surface area (TPSA) is 43.4 Å². The van der Waals surface area contributed by atoms with Gasteiger partial charge >= 0.3 is 0 Å². The molecule has 4 aliphatic rings. The molecule has 20 heavy (non-hydrogen) atoms. The summed E-state index contributed by atoms with van der Waals surface area (Å²) in [4.78, 5) is 0.256. The van der Waals surface area contributed by atoms with Gasteiger partial charge in [0, 0.05) is 5.41 Å². The molecule has 5 atom stereocenters. The van der Waals surface area contributed by atoms with Crippen molar-refractivity contribution in [2.75, 3.05) is 6.61 Å². The van der Waals surface area contributed by atoms with Crippen LogP contribution in [0.3, 0.4) is 0 Å². The second-order valence-corrected chi connectivity index (χ2v) is 8.73. The summed E-state index contributed by atoms with van der Waals surface area (Å²) in [7, 11) is -3.62. The van der Waals surface area contributed by atoms with Gasteiger partial charge in [-0.2, -0.15) is 8.42 Å². The van der Waals surface area contributed by atoms with Crippen LogP contribution in [-0.4, -0.2) is 15.0 Å². The molecule has 0 spiro atoms. The molecule has 2 unspecified atom stereocenters. The molecule has 0 radical (unpaired) electrons. The molecule has 0 aromatic heterocycles. The van der Waals surface area contributed by atoms with Crippen molar-refractivity contribution in [3.05, 3.63) is 30.3 Å². The molecule has 4 saturated carbocycles. The van der Waals surface area contributed by atoms with E-state index in [-0.39, 0.29) is 10.3 Å². The summed E-state index contributed by atoms with van der Waals surface area (Å²) in [6.07, 6.45) is 2.54. The highest BCUT2D eigenvalue weighted by molar-refractivity contribution is 7.86. The average Bonchev–Trinajstić information content (AvgIpc) is 2.78. The molecule has 4 aliphatic carbocycles. The first-order chi connectivity index (χ1) is 9.39. The quantitative estimate of drug-likeness (QED) is 0.801. The van der Waals surface area contributed by atoms with E-state index >= 15 is 0 Å². The summed E-state index contributed by atoms with van der Waals surface area (Å²) in [6, 6.07) is 8.44. The fraction of sp³-hybridized carbons (Fsp3) is 0.625. The molecule has 108 valence electrons. The SMILES string of the molecule is CC12[C@@H]3CC(C[C@@H]31)[C@@]2(C)COS(=O)(=O)c1ccccc1. The molecular weight excluding hydrogens is 272 g/mol. The Bertz CT molecular complexity index is 640. The van der Waals surface area contributed by atoms with Gasteiger partial charge < -0.3 is 0 Å². The molecule has 0 heterocycles. The first-order valence-electron chi connectivity index (χ1n) is 7.34. The zero-order valence-corrected chi connectivity index (χ0v) is 12.7. The van der Waals surface area contributed by atoms with Gasteiger partial charge in [0.1, 0.15) is 0 Å². The van der Waals surface area contributed by atoms with E-state index in [0.29, 0.717) is 17.9 Å². The van der Waals surface area contributed by atoms with Crippen LogP contribution in [0, 0.1) is 28.6 Å². The first-order valence-corrected chi connectivity index (χ1v) is 8.75. The second-order valence-electron chi connectivity index (χ2n) is 7.11. The van der Waals surface area contributed by atoms with E-state index in [0.717, 1.165) is 11.8 Å². The van der Waals surface area contributed by atoms with Crippen molar-refractivity contribution in [2.45, 2.75) is 31.6 Å². The summed E-state index contributed by atoms with van der Waals surface area (Å²) >= 11 is 0. The van der Waals surface area contributed by atoms with Crippen LogP contribution in [0.25, 0.3) is 0 Å². The zero-order valence-electron chi connectivity index (χ0n) is 11.9. The van der Waals surface area contributed by atoms with Gasteiger partial charge in [0.2, 0.25) is 0 Å². The molecule has 0 aliphatic heterocycles. The van der Waals surface area contributed by atoms with Crippen molar-refractivity contribution in [2.24, 2.45) is 28.6 Å². The Balaban J connectivity index is 1.55. The van der Waals surface area contributed by atoms with Crippen LogP contribution < -0.4 is 0 Å². The van der Waals surface area contributed by atoms with Crippen LogP contribution in [0.5, 0.6) is 0 Å². The predicted octanol–water partition coefficient (Wildman–Crippen LogP) is 3.07. The second kappa shape index (κ2) is 3.66. The van der Waals surface area contributed by atoms with Crippen molar-refractivity contribution in [3.8, 4) is 0 Å². The molecule has 0 amide bonds. The Morgan fingerprint density at radius 2 is 1.75 bits per heavy atom. The fourth-order valence-electron chi connectivity index (χ4n) is 5.16. The van der Waals surface area contributed by atoms with Crippen molar-refractivity contribution < 1.29 is 12.6 Å². The largest absolute Gasteiger partial charge is 0.296 e. The van der Waals surface area contributed by atoms with Crippen LogP contribution in [0.4, 0.5) is 0 Å². The maximum Gasteiger partial charge on any atom is 0.296 e. The van der Waals surface area contributed by atoms with Gasteiger partial charge in [-0.15, -0.1) is 0 Å². The maximum absolute atomic E-state index is 12.3. The summed E-state index contributed by atoms with van der Waals surface area (Å²) in [6.45, 7) is 4.89. The summed E-state index contributed by atoms with van der Waals surface area (Å²) in [5.41, 5.74) is 0.355. The minimum absolute atomic E-state index is 0.0319. The molecule has 1 aromatic carbocycles. The third-order valence-electron chi connectivity index (χ3n) is 6.67. The minimum Gasteiger partial charge on any atom is -0.266 e. The lowest BCUT2D eigenvalue weighted by atomic mass is 9.75. The Morgan fingerprint density at radius 3 is 2.25 bits per heavy atom. The van der Waals surface area contributed by atoms with Gasteiger partial charge in [-0.3, -0.25) is 4.18 Å². The van der Waals surface area contributed by atoms with E-state index in [1.54, 1.807) is 24.3 Å². The average molecular weight is 292 g/mol. The number of hydrogen-bond donors (Lipinski definition) is 0. The van der Waals surface area contributed by atoms with E-state index in [1.807, 2.05) is 6.07 Å². The maximum atomic E-state index is 12.3. The summed E-state index contributed by atoms with van der Waals surface area (Å²) in [5, 5.41) is 0. The molecule has 3 nitrogen and oxygen atoms in total. The summed E-state index contributed by atoms with van der Waals surface area (Å²) < 4.78 is 29.9. The van der Waals surface area contributed by atoms with Crippen molar-refractivity contribution in [1.82, 2.24) is 0 Å². The van der Waals surface area contributed by atoms with Crippen LogP contribution >= 0.6 is 0 Å². The Hall–Kier alpha value is -0.870. The monoisotopic (exact) mass is 292 g/mol. The third-order valence-corrected chi connectivity index (χ3v) is 7.95. The van der Waals surface area contributed by atoms with Crippen LogP contribution in [-0.2, 0) is 14.3 Å². The predicted molar refractivity (Wildman–Crippen MR) is 75.5 cm³/mol. The van der Waals surface area contributed by atoms with Crippen LogP contribution in [0.15, 0.2) is 35.2 Å².